The zero-order valence-corrected chi connectivity index (χ0v) is 20.0. The van der Waals surface area contributed by atoms with Crippen molar-refractivity contribution in [3.63, 3.8) is 0 Å². The number of benzene rings is 2. The van der Waals surface area contributed by atoms with Gasteiger partial charge >= 0.3 is 0 Å². The van der Waals surface area contributed by atoms with Gasteiger partial charge in [0.1, 0.15) is 17.3 Å². The third-order valence-corrected chi connectivity index (χ3v) is 6.14. The number of aliphatic hydroxyl groups excluding tert-OH is 1. The van der Waals surface area contributed by atoms with E-state index in [9.17, 15) is 14.7 Å². The minimum absolute atomic E-state index is 0.106. The number of amides is 1. The minimum atomic E-state index is -0.923. The van der Waals surface area contributed by atoms with Crippen LogP contribution in [0.4, 0.5) is 5.69 Å². The standard InChI is InChI=1S/C25H20Cl2N2O5/c1-13-10-15(26)4-5-18(13)29-22(14-6-8-28-9-7-14)21(24(31)25(29)32)23(30)16-11-17(27)20(34-3)12-19(16)33-2/h4-12,22,30H,1-3H3/b23-21+. The molecule has 2 heterocycles. The van der Waals surface area contributed by atoms with E-state index in [1.807, 2.05) is 0 Å². The van der Waals surface area contributed by atoms with Crippen LogP contribution in [0.25, 0.3) is 5.76 Å². The lowest BCUT2D eigenvalue weighted by Crippen LogP contribution is -2.30. The number of rotatable bonds is 5. The van der Waals surface area contributed by atoms with Crippen LogP contribution in [-0.2, 0) is 9.59 Å². The molecule has 0 radical (unpaired) electrons. The Morgan fingerprint density at radius 1 is 1.00 bits per heavy atom. The lowest BCUT2D eigenvalue weighted by atomic mass is 9.95. The summed E-state index contributed by atoms with van der Waals surface area (Å²) in [6, 6.07) is 10.4. The van der Waals surface area contributed by atoms with Crippen molar-refractivity contribution in [2.24, 2.45) is 0 Å². The molecule has 2 aromatic carbocycles. The van der Waals surface area contributed by atoms with Gasteiger partial charge in [0.25, 0.3) is 11.7 Å². The van der Waals surface area contributed by atoms with Crippen LogP contribution in [-0.4, -0.2) is 36.0 Å². The van der Waals surface area contributed by atoms with E-state index in [1.54, 1.807) is 49.6 Å². The van der Waals surface area contributed by atoms with E-state index in [0.29, 0.717) is 27.6 Å². The number of hydrogen-bond donors (Lipinski definition) is 1. The number of methoxy groups -OCH3 is 2. The number of halogens is 2. The summed E-state index contributed by atoms with van der Waals surface area (Å²) < 4.78 is 10.6. The van der Waals surface area contributed by atoms with E-state index < -0.39 is 23.5 Å². The molecular formula is C25H20Cl2N2O5. The van der Waals surface area contributed by atoms with Gasteiger partial charge in [-0.15, -0.1) is 0 Å². The molecule has 1 fully saturated rings. The highest BCUT2D eigenvalue weighted by atomic mass is 35.5. The molecule has 0 aliphatic carbocycles. The number of carbonyl (C=O) groups is 2. The molecule has 0 saturated carbocycles. The number of pyridine rings is 1. The summed E-state index contributed by atoms with van der Waals surface area (Å²) in [5.41, 5.74) is 1.82. The number of ketones is 1. The summed E-state index contributed by atoms with van der Waals surface area (Å²) in [6.45, 7) is 1.79. The second-order valence-corrected chi connectivity index (χ2v) is 8.41. The number of carbonyl (C=O) groups excluding carboxylic acids is 2. The van der Waals surface area contributed by atoms with Crippen molar-refractivity contribution >= 4 is 46.3 Å². The second-order valence-electron chi connectivity index (χ2n) is 7.57. The Kier molecular flexibility index (Phi) is 6.50. The van der Waals surface area contributed by atoms with Gasteiger partial charge in [0.05, 0.1) is 36.4 Å². The molecule has 1 saturated heterocycles. The zero-order chi connectivity index (χ0) is 24.6. The first-order chi connectivity index (χ1) is 16.3. The van der Waals surface area contributed by atoms with Crippen LogP contribution < -0.4 is 14.4 Å². The maximum atomic E-state index is 13.3. The van der Waals surface area contributed by atoms with Crippen molar-refractivity contribution in [2.75, 3.05) is 19.1 Å². The Morgan fingerprint density at radius 2 is 1.68 bits per heavy atom. The fourth-order valence-electron chi connectivity index (χ4n) is 4.02. The van der Waals surface area contributed by atoms with Gasteiger partial charge in [-0.3, -0.25) is 19.5 Å². The van der Waals surface area contributed by atoms with E-state index in [2.05, 4.69) is 4.98 Å². The second kappa shape index (κ2) is 9.37. The van der Waals surface area contributed by atoms with Gasteiger partial charge in [-0.2, -0.15) is 0 Å². The van der Waals surface area contributed by atoms with Crippen LogP contribution in [0.2, 0.25) is 10.0 Å². The van der Waals surface area contributed by atoms with Gasteiger partial charge in [0, 0.05) is 29.2 Å². The molecule has 7 nitrogen and oxygen atoms in total. The number of Topliss-reactive ketones (excluding diaryl/α,β-unsaturated/α-hetero) is 1. The summed E-state index contributed by atoms with van der Waals surface area (Å²) >= 11 is 12.4. The molecule has 1 aliphatic heterocycles. The van der Waals surface area contributed by atoms with Crippen LogP contribution in [0.15, 0.2) is 60.4 Å². The number of anilines is 1. The third kappa shape index (κ3) is 3.97. The highest BCUT2D eigenvalue weighted by Gasteiger charge is 2.47. The molecule has 1 atom stereocenters. The Hall–Kier alpha value is -3.55. The van der Waals surface area contributed by atoms with Crippen LogP contribution in [0.5, 0.6) is 11.5 Å². The highest BCUT2D eigenvalue weighted by Crippen LogP contribution is 2.45. The predicted octanol–water partition coefficient (Wildman–Crippen LogP) is 5.34. The third-order valence-electron chi connectivity index (χ3n) is 5.61. The number of hydrogen-bond acceptors (Lipinski definition) is 6. The van der Waals surface area contributed by atoms with Gasteiger partial charge in [0.2, 0.25) is 0 Å². The molecule has 1 N–H and O–H groups in total. The van der Waals surface area contributed by atoms with Crippen LogP contribution in [0, 0.1) is 6.92 Å². The normalized spacial score (nSPS) is 17.2. The van der Waals surface area contributed by atoms with Gasteiger partial charge in [-0.05, 0) is 54.4 Å². The lowest BCUT2D eigenvalue weighted by Gasteiger charge is -2.27. The van der Waals surface area contributed by atoms with Crippen LogP contribution >= 0.6 is 23.2 Å². The van der Waals surface area contributed by atoms with Gasteiger partial charge in [0.15, 0.2) is 0 Å². The molecule has 34 heavy (non-hydrogen) atoms. The van der Waals surface area contributed by atoms with Crippen molar-refractivity contribution < 1.29 is 24.2 Å². The quantitative estimate of drug-likeness (QED) is 0.290. The lowest BCUT2D eigenvalue weighted by molar-refractivity contribution is -0.132. The van der Waals surface area contributed by atoms with Crippen LogP contribution in [0.1, 0.15) is 22.7 Å². The maximum Gasteiger partial charge on any atom is 0.300 e. The molecule has 1 aromatic heterocycles. The number of ether oxygens (including phenoxy) is 2. The maximum absolute atomic E-state index is 13.3. The number of aryl methyl sites for hydroxylation is 1. The minimum Gasteiger partial charge on any atom is -0.507 e. The molecule has 1 aliphatic rings. The Balaban J connectivity index is 2.00. The summed E-state index contributed by atoms with van der Waals surface area (Å²) in [5.74, 6) is -1.50. The smallest absolute Gasteiger partial charge is 0.300 e. The number of aliphatic hydroxyl groups is 1. The van der Waals surface area contributed by atoms with E-state index in [0.717, 1.165) is 0 Å². The van der Waals surface area contributed by atoms with Gasteiger partial charge < -0.3 is 14.6 Å². The van der Waals surface area contributed by atoms with Crippen molar-refractivity contribution in [2.45, 2.75) is 13.0 Å². The Morgan fingerprint density at radius 3 is 2.29 bits per heavy atom. The molecule has 0 bridgehead atoms. The first-order valence-corrected chi connectivity index (χ1v) is 10.9. The van der Waals surface area contributed by atoms with E-state index >= 15 is 0 Å². The molecule has 1 unspecified atom stereocenters. The van der Waals surface area contributed by atoms with E-state index in [4.69, 9.17) is 32.7 Å². The first-order valence-electron chi connectivity index (χ1n) is 10.2. The van der Waals surface area contributed by atoms with Gasteiger partial charge in [-0.25, -0.2) is 0 Å². The average Bonchev–Trinajstić information content (AvgIpc) is 3.09. The fourth-order valence-corrected chi connectivity index (χ4v) is 4.49. The predicted molar refractivity (Wildman–Crippen MR) is 130 cm³/mol. The molecule has 3 aromatic rings. The summed E-state index contributed by atoms with van der Waals surface area (Å²) in [5, 5.41) is 12.1. The van der Waals surface area contributed by atoms with Gasteiger partial charge in [-0.1, -0.05) is 23.2 Å². The van der Waals surface area contributed by atoms with Crippen molar-refractivity contribution in [3.8, 4) is 11.5 Å². The van der Waals surface area contributed by atoms with E-state index in [-0.39, 0.29) is 21.9 Å². The van der Waals surface area contributed by atoms with E-state index in [1.165, 1.54) is 31.3 Å². The topological polar surface area (TPSA) is 89.0 Å². The monoisotopic (exact) mass is 498 g/mol. The largest absolute Gasteiger partial charge is 0.507 e. The molecule has 0 spiro atoms. The average molecular weight is 499 g/mol. The Bertz CT molecular complexity index is 1320. The molecule has 174 valence electrons. The molecule has 9 heteroatoms. The zero-order valence-electron chi connectivity index (χ0n) is 18.5. The summed E-state index contributed by atoms with van der Waals surface area (Å²) in [6.07, 6.45) is 3.10. The highest BCUT2D eigenvalue weighted by molar-refractivity contribution is 6.52. The van der Waals surface area contributed by atoms with Crippen molar-refractivity contribution in [1.82, 2.24) is 4.98 Å². The summed E-state index contributed by atoms with van der Waals surface area (Å²) in [4.78, 5) is 32.0. The first kappa shape index (κ1) is 23.6. The molecule has 4 rings (SSSR count). The Labute approximate surface area is 206 Å². The fraction of sp³-hybridized carbons (Fsp3) is 0.160. The number of aromatic nitrogens is 1. The molecular weight excluding hydrogens is 479 g/mol. The number of nitrogens with zero attached hydrogens (tertiary/aromatic N) is 2. The van der Waals surface area contributed by atoms with Crippen LogP contribution in [0.3, 0.4) is 0 Å². The SMILES string of the molecule is COc1cc(OC)c(/C(O)=C2\C(=O)C(=O)N(c3ccc(Cl)cc3C)C2c2ccncc2)cc1Cl. The van der Waals surface area contributed by atoms with Crippen molar-refractivity contribution in [3.05, 3.63) is 87.2 Å². The van der Waals surface area contributed by atoms with Crippen molar-refractivity contribution in [1.29, 1.82) is 0 Å². The summed E-state index contributed by atoms with van der Waals surface area (Å²) in [7, 11) is 2.86. The molecule has 1 amide bonds.